The van der Waals surface area contributed by atoms with Crippen molar-refractivity contribution in [2.45, 2.75) is 13.0 Å². The molecular weight excluding hydrogens is 241 g/mol. The molecule has 0 amide bonds. The van der Waals surface area contributed by atoms with Crippen LogP contribution in [0.4, 0.5) is 0 Å². The summed E-state index contributed by atoms with van der Waals surface area (Å²) in [6.07, 6.45) is 0. The second-order valence-electron chi connectivity index (χ2n) is 2.61. The first-order chi connectivity index (χ1) is 5.52. The molecule has 0 unspecified atom stereocenters. The molecule has 0 bridgehead atoms. The Hall–Kier alpha value is -0.250. The lowest BCUT2D eigenvalue weighted by atomic mass is 10.1. The first kappa shape index (κ1) is 9.84. The summed E-state index contributed by atoms with van der Waals surface area (Å²) < 4.78 is 0.745. The minimum atomic E-state index is -0.196. The third-order valence-electron chi connectivity index (χ3n) is 1.56. The minimum Gasteiger partial charge on any atom is -0.508 e. The van der Waals surface area contributed by atoms with E-state index in [1.54, 1.807) is 13.0 Å². The van der Waals surface area contributed by atoms with Crippen LogP contribution in [-0.4, -0.2) is 5.11 Å². The Morgan fingerprint density at radius 1 is 1.58 bits per heavy atom. The van der Waals surface area contributed by atoms with E-state index < -0.39 is 0 Å². The maximum Gasteiger partial charge on any atom is 0.121 e. The Kier molecular flexibility index (Phi) is 2.99. The van der Waals surface area contributed by atoms with Crippen LogP contribution >= 0.6 is 27.5 Å². The molecule has 0 aliphatic heterocycles. The van der Waals surface area contributed by atoms with Gasteiger partial charge in [0.2, 0.25) is 0 Å². The van der Waals surface area contributed by atoms with Crippen LogP contribution in [0.25, 0.3) is 0 Å². The summed E-state index contributed by atoms with van der Waals surface area (Å²) in [4.78, 5) is 0. The lowest BCUT2D eigenvalue weighted by Crippen LogP contribution is -2.05. The van der Waals surface area contributed by atoms with Crippen LogP contribution in [0.3, 0.4) is 0 Å². The highest BCUT2D eigenvalue weighted by Gasteiger charge is 2.08. The molecule has 0 fully saturated rings. The molecule has 3 N–H and O–H groups in total. The number of halogens is 2. The molecule has 4 heteroatoms. The Morgan fingerprint density at radius 2 is 2.17 bits per heavy atom. The predicted molar refractivity (Wildman–Crippen MR) is 53.4 cm³/mol. The molecule has 66 valence electrons. The standard InChI is InChI=1S/C8H9BrClNO/c1-4(11)5-2-6(9)7(10)3-8(5)12/h2-4,12H,11H2,1H3/t4-/m0/s1. The van der Waals surface area contributed by atoms with Crippen molar-refractivity contribution in [3.05, 3.63) is 27.2 Å². The van der Waals surface area contributed by atoms with E-state index in [-0.39, 0.29) is 11.8 Å². The molecule has 12 heavy (non-hydrogen) atoms. The Balaban J connectivity index is 3.23. The normalized spacial score (nSPS) is 13.0. The molecule has 0 spiro atoms. The summed E-state index contributed by atoms with van der Waals surface area (Å²) in [5.74, 6) is 0.137. The van der Waals surface area contributed by atoms with Crippen LogP contribution < -0.4 is 5.73 Å². The lowest BCUT2D eigenvalue weighted by Gasteiger charge is -2.09. The van der Waals surface area contributed by atoms with Gasteiger partial charge in [-0.1, -0.05) is 11.6 Å². The molecule has 0 aliphatic rings. The van der Waals surface area contributed by atoms with Crippen molar-refractivity contribution in [3.8, 4) is 5.75 Å². The van der Waals surface area contributed by atoms with Gasteiger partial charge < -0.3 is 10.8 Å². The average molecular weight is 251 g/mol. The molecule has 1 aromatic rings. The first-order valence-electron chi connectivity index (χ1n) is 3.46. The van der Waals surface area contributed by atoms with Crippen molar-refractivity contribution >= 4 is 27.5 Å². The van der Waals surface area contributed by atoms with Crippen molar-refractivity contribution in [3.63, 3.8) is 0 Å². The number of benzene rings is 1. The van der Waals surface area contributed by atoms with Gasteiger partial charge in [-0.2, -0.15) is 0 Å². The van der Waals surface area contributed by atoms with Crippen LogP contribution in [0.15, 0.2) is 16.6 Å². The van der Waals surface area contributed by atoms with Crippen LogP contribution in [-0.2, 0) is 0 Å². The molecule has 1 aromatic carbocycles. The smallest absolute Gasteiger partial charge is 0.121 e. The third kappa shape index (κ3) is 1.91. The van der Waals surface area contributed by atoms with Gasteiger partial charge in [0, 0.05) is 16.1 Å². The van der Waals surface area contributed by atoms with E-state index in [2.05, 4.69) is 15.9 Å². The SMILES string of the molecule is C[C@H](N)c1cc(Br)c(Cl)cc1O. The Bertz CT molecular complexity index is 301. The second kappa shape index (κ2) is 3.64. The molecule has 0 aliphatic carbocycles. The molecule has 0 aromatic heterocycles. The zero-order valence-corrected chi connectivity index (χ0v) is 8.85. The maximum absolute atomic E-state index is 9.40. The van der Waals surface area contributed by atoms with Gasteiger partial charge in [0.05, 0.1) is 5.02 Å². The van der Waals surface area contributed by atoms with Crippen LogP contribution in [0.2, 0.25) is 5.02 Å². The van der Waals surface area contributed by atoms with Gasteiger partial charge in [0.25, 0.3) is 0 Å². The average Bonchev–Trinajstić information content (AvgIpc) is 1.96. The summed E-state index contributed by atoms with van der Waals surface area (Å²) in [6, 6.07) is 3.01. The quantitative estimate of drug-likeness (QED) is 0.805. The van der Waals surface area contributed by atoms with Gasteiger partial charge in [-0.05, 0) is 35.0 Å². The fourth-order valence-corrected chi connectivity index (χ4v) is 1.44. The fourth-order valence-electron chi connectivity index (χ4n) is 0.916. The number of aromatic hydroxyl groups is 1. The fraction of sp³-hybridized carbons (Fsp3) is 0.250. The van der Waals surface area contributed by atoms with Gasteiger partial charge in [0.15, 0.2) is 0 Å². The van der Waals surface area contributed by atoms with E-state index >= 15 is 0 Å². The third-order valence-corrected chi connectivity index (χ3v) is 2.76. The number of hydrogen-bond acceptors (Lipinski definition) is 2. The highest BCUT2D eigenvalue weighted by Crippen LogP contribution is 2.32. The zero-order valence-electron chi connectivity index (χ0n) is 6.51. The Labute approximate surface area is 84.5 Å². The second-order valence-corrected chi connectivity index (χ2v) is 3.88. The van der Waals surface area contributed by atoms with Crippen LogP contribution in [0.5, 0.6) is 5.75 Å². The Morgan fingerprint density at radius 3 is 2.67 bits per heavy atom. The molecule has 1 rings (SSSR count). The number of rotatable bonds is 1. The molecule has 0 saturated carbocycles. The van der Waals surface area contributed by atoms with Crippen molar-refractivity contribution < 1.29 is 5.11 Å². The van der Waals surface area contributed by atoms with Gasteiger partial charge in [-0.15, -0.1) is 0 Å². The van der Waals surface area contributed by atoms with E-state index in [1.807, 2.05) is 0 Å². The highest BCUT2D eigenvalue weighted by molar-refractivity contribution is 9.10. The van der Waals surface area contributed by atoms with Crippen molar-refractivity contribution in [2.75, 3.05) is 0 Å². The van der Waals surface area contributed by atoms with Gasteiger partial charge >= 0.3 is 0 Å². The monoisotopic (exact) mass is 249 g/mol. The first-order valence-corrected chi connectivity index (χ1v) is 4.63. The minimum absolute atomic E-state index is 0.137. The van der Waals surface area contributed by atoms with Crippen molar-refractivity contribution in [1.82, 2.24) is 0 Å². The summed E-state index contributed by atoms with van der Waals surface area (Å²) >= 11 is 8.99. The summed E-state index contributed by atoms with van der Waals surface area (Å²) in [7, 11) is 0. The lowest BCUT2D eigenvalue weighted by molar-refractivity contribution is 0.463. The molecule has 2 nitrogen and oxygen atoms in total. The number of phenols is 1. The van der Waals surface area contributed by atoms with Gasteiger partial charge in [-0.3, -0.25) is 0 Å². The largest absolute Gasteiger partial charge is 0.508 e. The predicted octanol–water partition coefficient (Wildman–Crippen LogP) is 2.83. The summed E-state index contributed by atoms with van der Waals surface area (Å²) in [6.45, 7) is 1.80. The zero-order chi connectivity index (χ0) is 9.30. The van der Waals surface area contributed by atoms with E-state index in [0.717, 1.165) is 4.47 Å². The molecular formula is C8H9BrClNO. The van der Waals surface area contributed by atoms with E-state index in [9.17, 15) is 5.11 Å². The van der Waals surface area contributed by atoms with Gasteiger partial charge in [-0.25, -0.2) is 0 Å². The van der Waals surface area contributed by atoms with Crippen LogP contribution in [0, 0.1) is 0 Å². The van der Waals surface area contributed by atoms with Gasteiger partial charge in [0.1, 0.15) is 5.75 Å². The van der Waals surface area contributed by atoms with E-state index in [0.29, 0.717) is 10.6 Å². The van der Waals surface area contributed by atoms with Crippen molar-refractivity contribution in [2.24, 2.45) is 5.73 Å². The summed E-state index contributed by atoms with van der Waals surface area (Å²) in [5.41, 5.74) is 6.30. The number of nitrogens with two attached hydrogens (primary N) is 1. The molecule has 0 heterocycles. The van der Waals surface area contributed by atoms with E-state index in [1.165, 1.54) is 6.07 Å². The number of hydrogen-bond donors (Lipinski definition) is 2. The van der Waals surface area contributed by atoms with Crippen LogP contribution in [0.1, 0.15) is 18.5 Å². The molecule has 0 radical (unpaired) electrons. The summed E-state index contributed by atoms with van der Waals surface area (Å²) in [5, 5.41) is 9.88. The topological polar surface area (TPSA) is 46.2 Å². The number of phenolic OH excluding ortho intramolecular Hbond substituents is 1. The van der Waals surface area contributed by atoms with Crippen molar-refractivity contribution in [1.29, 1.82) is 0 Å². The molecule has 0 saturated heterocycles. The highest BCUT2D eigenvalue weighted by atomic mass is 79.9. The molecule has 1 atom stereocenters. The van der Waals surface area contributed by atoms with E-state index in [4.69, 9.17) is 17.3 Å². The maximum atomic E-state index is 9.40.